The predicted molar refractivity (Wildman–Crippen MR) is 91.5 cm³/mol. The molecule has 0 radical (unpaired) electrons. The first-order chi connectivity index (χ1) is 11.9. The predicted octanol–water partition coefficient (Wildman–Crippen LogP) is 1.98. The van der Waals surface area contributed by atoms with Crippen molar-refractivity contribution < 1.29 is 14.4 Å². The van der Waals surface area contributed by atoms with Gasteiger partial charge in [-0.2, -0.15) is 5.10 Å². The maximum Gasteiger partial charge on any atom is 0.278 e. The number of hydrogen-bond acceptors (Lipinski definition) is 5. The lowest BCUT2D eigenvalue weighted by molar-refractivity contribution is -0.126. The summed E-state index contributed by atoms with van der Waals surface area (Å²) >= 11 is 6.04. The first-order valence-electron chi connectivity index (χ1n) is 7.77. The van der Waals surface area contributed by atoms with Crippen LogP contribution in [0, 0.1) is 19.8 Å². The zero-order valence-corrected chi connectivity index (χ0v) is 14.6. The highest BCUT2D eigenvalue weighted by molar-refractivity contribution is 6.34. The SMILES string of the molecule is Cc1ccc(Cl)cc1N1C(=O)[C@H]2C(c3cn(C)nc3C)=NO[C@H]2C1=O. The fraction of sp³-hybridized carbons (Fsp3) is 0.294. The number of aromatic nitrogens is 2. The van der Waals surface area contributed by atoms with Gasteiger partial charge in [0, 0.05) is 23.8 Å². The summed E-state index contributed by atoms with van der Waals surface area (Å²) in [6, 6.07) is 5.10. The summed E-state index contributed by atoms with van der Waals surface area (Å²) in [7, 11) is 1.79. The number of benzene rings is 1. The van der Waals surface area contributed by atoms with Gasteiger partial charge in [0.15, 0.2) is 0 Å². The third-order valence-electron chi connectivity index (χ3n) is 4.51. The number of rotatable bonds is 2. The zero-order chi connectivity index (χ0) is 17.9. The smallest absolute Gasteiger partial charge is 0.278 e. The number of amides is 2. The number of hydrogen-bond donors (Lipinski definition) is 0. The molecule has 128 valence electrons. The number of fused-ring (bicyclic) bond motifs is 1. The van der Waals surface area contributed by atoms with Crippen LogP contribution in [0.3, 0.4) is 0 Å². The Morgan fingerprint density at radius 1 is 1.20 bits per heavy atom. The standard InChI is InChI=1S/C17H15ClN4O3/c1-8-4-5-10(18)6-12(8)22-16(23)13-14(20-25-15(13)17(22)24)11-7-21(3)19-9(11)2/h4-7,13,15H,1-3H3/t13-,15+/m0/s1. The molecule has 0 spiro atoms. The van der Waals surface area contributed by atoms with E-state index < -0.39 is 17.9 Å². The number of halogens is 1. The van der Waals surface area contributed by atoms with E-state index in [1.807, 2.05) is 13.8 Å². The summed E-state index contributed by atoms with van der Waals surface area (Å²) in [5.74, 6) is -1.56. The number of imide groups is 1. The minimum atomic E-state index is -0.944. The van der Waals surface area contributed by atoms with Crippen molar-refractivity contribution in [3.05, 3.63) is 46.2 Å². The number of carbonyl (C=O) groups is 2. The van der Waals surface area contributed by atoms with Crippen LogP contribution in [0.25, 0.3) is 0 Å². The average Bonchev–Trinajstić information content (AvgIpc) is 3.19. The Morgan fingerprint density at radius 3 is 2.64 bits per heavy atom. The van der Waals surface area contributed by atoms with Crippen molar-refractivity contribution in [2.75, 3.05) is 4.90 Å². The first-order valence-corrected chi connectivity index (χ1v) is 8.14. The molecule has 0 saturated carbocycles. The van der Waals surface area contributed by atoms with Crippen LogP contribution in [-0.2, 0) is 21.5 Å². The minimum absolute atomic E-state index is 0.361. The fourth-order valence-electron chi connectivity index (χ4n) is 3.31. The van der Waals surface area contributed by atoms with Crippen LogP contribution in [0.4, 0.5) is 5.69 Å². The fourth-order valence-corrected chi connectivity index (χ4v) is 3.48. The third kappa shape index (κ3) is 2.26. The van der Waals surface area contributed by atoms with Crippen LogP contribution in [-0.4, -0.2) is 33.4 Å². The lowest BCUT2D eigenvalue weighted by atomic mass is 9.94. The van der Waals surface area contributed by atoms with Gasteiger partial charge in [-0.3, -0.25) is 14.3 Å². The second-order valence-corrected chi connectivity index (χ2v) is 6.66. The van der Waals surface area contributed by atoms with Gasteiger partial charge in [0.25, 0.3) is 5.91 Å². The molecule has 4 rings (SSSR count). The van der Waals surface area contributed by atoms with Crippen molar-refractivity contribution >= 4 is 34.8 Å². The molecule has 0 N–H and O–H groups in total. The van der Waals surface area contributed by atoms with Gasteiger partial charge in [0.05, 0.1) is 11.4 Å². The molecule has 2 aliphatic heterocycles. The van der Waals surface area contributed by atoms with Crippen molar-refractivity contribution in [1.82, 2.24) is 9.78 Å². The third-order valence-corrected chi connectivity index (χ3v) is 4.75. The van der Waals surface area contributed by atoms with Gasteiger partial charge in [-0.25, -0.2) is 4.90 Å². The van der Waals surface area contributed by atoms with E-state index in [2.05, 4.69) is 10.3 Å². The Morgan fingerprint density at radius 2 is 1.96 bits per heavy atom. The Kier molecular flexibility index (Phi) is 3.43. The van der Waals surface area contributed by atoms with Crippen LogP contribution in [0.2, 0.25) is 5.02 Å². The molecular formula is C17H15ClN4O3. The Hall–Kier alpha value is -2.67. The number of carbonyl (C=O) groups excluding carboxylic acids is 2. The van der Waals surface area contributed by atoms with E-state index in [0.29, 0.717) is 22.0 Å². The topological polar surface area (TPSA) is 76.8 Å². The van der Waals surface area contributed by atoms with Crippen molar-refractivity contribution in [2.24, 2.45) is 18.1 Å². The lowest BCUT2D eigenvalue weighted by Crippen LogP contribution is -2.33. The number of anilines is 1. The summed E-state index contributed by atoms with van der Waals surface area (Å²) < 4.78 is 1.64. The molecule has 0 unspecified atom stereocenters. The highest BCUT2D eigenvalue weighted by atomic mass is 35.5. The summed E-state index contributed by atoms with van der Waals surface area (Å²) in [5.41, 5.74) is 3.13. The molecule has 0 bridgehead atoms. The highest BCUT2D eigenvalue weighted by Gasteiger charge is 2.56. The van der Waals surface area contributed by atoms with Crippen LogP contribution in [0.1, 0.15) is 16.8 Å². The molecule has 7 nitrogen and oxygen atoms in total. The molecule has 8 heteroatoms. The molecule has 3 heterocycles. The van der Waals surface area contributed by atoms with Gasteiger partial charge < -0.3 is 4.84 Å². The van der Waals surface area contributed by atoms with E-state index in [-0.39, 0.29) is 5.91 Å². The van der Waals surface area contributed by atoms with Crippen LogP contribution < -0.4 is 4.90 Å². The summed E-state index contributed by atoms with van der Waals surface area (Å²) in [5, 5.41) is 8.73. The van der Waals surface area contributed by atoms with E-state index in [4.69, 9.17) is 16.4 Å². The zero-order valence-electron chi connectivity index (χ0n) is 13.9. The minimum Gasteiger partial charge on any atom is -0.381 e. The highest BCUT2D eigenvalue weighted by Crippen LogP contribution is 2.37. The van der Waals surface area contributed by atoms with Crippen LogP contribution in [0.5, 0.6) is 0 Å². The second kappa shape index (κ2) is 5.42. The quantitative estimate of drug-likeness (QED) is 0.769. The summed E-state index contributed by atoms with van der Waals surface area (Å²) in [4.78, 5) is 32.3. The average molecular weight is 359 g/mol. The monoisotopic (exact) mass is 358 g/mol. The Labute approximate surface area is 148 Å². The first kappa shape index (κ1) is 15.8. The van der Waals surface area contributed by atoms with E-state index in [1.165, 1.54) is 0 Å². The molecule has 1 aromatic heterocycles. The van der Waals surface area contributed by atoms with Gasteiger partial charge >= 0.3 is 0 Å². The normalized spacial score (nSPS) is 22.2. The summed E-state index contributed by atoms with van der Waals surface area (Å²) in [6.45, 7) is 3.65. The lowest BCUT2D eigenvalue weighted by Gasteiger charge is -2.18. The molecule has 0 aliphatic carbocycles. The Bertz CT molecular complexity index is 949. The number of nitrogens with zero attached hydrogens (tertiary/aromatic N) is 4. The van der Waals surface area contributed by atoms with Crippen LogP contribution in [0.15, 0.2) is 29.6 Å². The molecule has 2 aliphatic rings. The van der Waals surface area contributed by atoms with Crippen molar-refractivity contribution in [3.63, 3.8) is 0 Å². The van der Waals surface area contributed by atoms with Gasteiger partial charge in [-0.1, -0.05) is 22.8 Å². The van der Waals surface area contributed by atoms with Crippen molar-refractivity contribution in [2.45, 2.75) is 20.0 Å². The van der Waals surface area contributed by atoms with E-state index in [0.717, 1.165) is 16.2 Å². The largest absolute Gasteiger partial charge is 0.381 e. The molecule has 1 fully saturated rings. The number of oxime groups is 1. The van der Waals surface area contributed by atoms with Gasteiger partial charge in [0.1, 0.15) is 11.6 Å². The molecule has 1 aromatic carbocycles. The van der Waals surface area contributed by atoms with E-state index >= 15 is 0 Å². The van der Waals surface area contributed by atoms with Crippen LogP contribution >= 0.6 is 11.6 Å². The second-order valence-electron chi connectivity index (χ2n) is 6.22. The van der Waals surface area contributed by atoms with Crippen molar-refractivity contribution in [1.29, 1.82) is 0 Å². The maximum absolute atomic E-state index is 13.0. The molecule has 1 saturated heterocycles. The molecular weight excluding hydrogens is 344 g/mol. The number of aryl methyl sites for hydroxylation is 3. The molecule has 2 atom stereocenters. The summed E-state index contributed by atoms with van der Waals surface area (Å²) in [6.07, 6.45) is 0.825. The maximum atomic E-state index is 13.0. The van der Waals surface area contributed by atoms with Crippen molar-refractivity contribution in [3.8, 4) is 0 Å². The molecule has 2 amide bonds. The van der Waals surface area contributed by atoms with Gasteiger partial charge in [-0.15, -0.1) is 0 Å². The van der Waals surface area contributed by atoms with E-state index in [9.17, 15) is 9.59 Å². The Balaban J connectivity index is 1.76. The van der Waals surface area contributed by atoms with Gasteiger partial charge in [0.2, 0.25) is 12.0 Å². The molecule has 2 aromatic rings. The van der Waals surface area contributed by atoms with Gasteiger partial charge in [-0.05, 0) is 31.5 Å². The van der Waals surface area contributed by atoms with E-state index in [1.54, 1.807) is 36.1 Å². The molecule has 25 heavy (non-hydrogen) atoms.